The Morgan fingerprint density at radius 2 is 2.00 bits per heavy atom. The molecule has 0 aliphatic heterocycles. The molecule has 1 aromatic heterocycles. The van der Waals surface area contributed by atoms with Gasteiger partial charge >= 0.3 is 5.97 Å². The minimum Gasteiger partial charge on any atom is -0.461 e. The molecule has 0 N–H and O–H groups in total. The minimum absolute atomic E-state index is 0.0871. The predicted octanol–water partition coefficient (Wildman–Crippen LogP) is 2.58. The molecule has 20 heavy (non-hydrogen) atoms. The Morgan fingerprint density at radius 3 is 2.65 bits per heavy atom. The maximum absolute atomic E-state index is 13.6. The summed E-state index contributed by atoms with van der Waals surface area (Å²) in [6.45, 7) is 1.79. The number of nitrogens with zero attached hydrogens (tertiary/aromatic N) is 2. The lowest BCUT2D eigenvalue weighted by Gasteiger charge is -2.08. The van der Waals surface area contributed by atoms with Gasteiger partial charge in [-0.1, -0.05) is 30.3 Å². The standard InChI is InChI=1S/C14H14F2N2O2/c1-2-20-13(19)11-12(15)17-14(16)18(11)9-8-10-6-4-3-5-7-10/h3-7H,2,8-9H2,1H3. The minimum atomic E-state index is -1.14. The van der Waals surface area contributed by atoms with Crippen molar-refractivity contribution in [1.82, 2.24) is 9.55 Å². The molecule has 1 heterocycles. The maximum Gasteiger partial charge on any atom is 0.359 e. The van der Waals surface area contributed by atoms with Crippen molar-refractivity contribution in [2.45, 2.75) is 19.9 Å². The maximum atomic E-state index is 13.6. The molecular formula is C14H14F2N2O2. The van der Waals surface area contributed by atoms with Crippen LogP contribution in [-0.4, -0.2) is 22.1 Å². The molecule has 0 saturated heterocycles. The van der Waals surface area contributed by atoms with E-state index in [-0.39, 0.29) is 13.2 Å². The highest BCUT2D eigenvalue weighted by molar-refractivity contribution is 5.87. The van der Waals surface area contributed by atoms with Gasteiger partial charge in [0.1, 0.15) is 0 Å². The molecule has 0 atom stereocenters. The molecule has 0 aliphatic rings. The average Bonchev–Trinajstić information content (AvgIpc) is 2.72. The molecule has 6 heteroatoms. The van der Waals surface area contributed by atoms with Crippen molar-refractivity contribution in [2.75, 3.05) is 6.61 Å². The number of halogens is 2. The van der Waals surface area contributed by atoms with E-state index in [2.05, 4.69) is 4.98 Å². The third-order valence-corrected chi connectivity index (χ3v) is 2.81. The fourth-order valence-corrected chi connectivity index (χ4v) is 1.88. The van der Waals surface area contributed by atoms with Crippen molar-refractivity contribution in [1.29, 1.82) is 0 Å². The van der Waals surface area contributed by atoms with Crippen LogP contribution in [0.3, 0.4) is 0 Å². The van der Waals surface area contributed by atoms with Crippen molar-refractivity contribution in [3.05, 3.63) is 53.6 Å². The largest absolute Gasteiger partial charge is 0.461 e. The average molecular weight is 280 g/mol. The third-order valence-electron chi connectivity index (χ3n) is 2.81. The van der Waals surface area contributed by atoms with Crippen molar-refractivity contribution in [2.24, 2.45) is 0 Å². The van der Waals surface area contributed by atoms with E-state index in [9.17, 15) is 13.6 Å². The van der Waals surface area contributed by atoms with Crippen molar-refractivity contribution < 1.29 is 18.3 Å². The lowest BCUT2D eigenvalue weighted by molar-refractivity contribution is 0.0506. The lowest BCUT2D eigenvalue weighted by Crippen LogP contribution is -2.16. The third kappa shape index (κ3) is 3.01. The van der Waals surface area contributed by atoms with Gasteiger partial charge in [-0.3, -0.25) is 4.57 Å². The lowest BCUT2D eigenvalue weighted by atomic mass is 10.1. The van der Waals surface area contributed by atoms with Gasteiger partial charge in [-0.15, -0.1) is 0 Å². The van der Waals surface area contributed by atoms with Gasteiger partial charge in [0.2, 0.25) is 5.95 Å². The van der Waals surface area contributed by atoms with E-state index in [1.54, 1.807) is 6.92 Å². The van der Waals surface area contributed by atoms with Gasteiger partial charge in [0.25, 0.3) is 6.08 Å². The van der Waals surface area contributed by atoms with E-state index >= 15 is 0 Å². The summed E-state index contributed by atoms with van der Waals surface area (Å²) in [5, 5.41) is 0. The Morgan fingerprint density at radius 1 is 1.30 bits per heavy atom. The van der Waals surface area contributed by atoms with Crippen LogP contribution in [0.1, 0.15) is 23.0 Å². The van der Waals surface area contributed by atoms with Gasteiger partial charge < -0.3 is 4.74 Å². The first-order valence-corrected chi connectivity index (χ1v) is 6.26. The summed E-state index contributed by atoms with van der Waals surface area (Å²) in [5.74, 6) is -2.05. The molecule has 0 aliphatic carbocycles. The number of hydrogen-bond donors (Lipinski definition) is 0. The van der Waals surface area contributed by atoms with E-state index in [1.807, 2.05) is 30.3 Å². The Balaban J connectivity index is 2.20. The number of benzene rings is 1. The molecule has 106 valence electrons. The van der Waals surface area contributed by atoms with E-state index in [0.29, 0.717) is 6.42 Å². The fourth-order valence-electron chi connectivity index (χ4n) is 1.88. The quantitative estimate of drug-likeness (QED) is 0.791. The second kappa shape index (κ2) is 6.27. The van der Waals surface area contributed by atoms with Crippen molar-refractivity contribution in [3.63, 3.8) is 0 Å². The molecule has 0 fully saturated rings. The first-order valence-electron chi connectivity index (χ1n) is 6.26. The summed E-state index contributed by atoms with van der Waals surface area (Å²) in [6.07, 6.45) is -0.568. The SMILES string of the molecule is CCOC(=O)c1c(F)nc(F)n1CCc1ccccc1. The van der Waals surface area contributed by atoms with Crippen molar-refractivity contribution >= 4 is 5.97 Å². The van der Waals surface area contributed by atoms with Crippen LogP contribution in [0.4, 0.5) is 8.78 Å². The first kappa shape index (κ1) is 14.2. The Labute approximate surface area is 115 Å². The van der Waals surface area contributed by atoms with Crippen LogP contribution in [0.15, 0.2) is 30.3 Å². The molecular weight excluding hydrogens is 266 g/mol. The highest BCUT2D eigenvalue weighted by Gasteiger charge is 2.24. The molecule has 2 aromatic rings. The molecule has 0 unspecified atom stereocenters. The molecule has 4 nitrogen and oxygen atoms in total. The summed E-state index contributed by atoms with van der Waals surface area (Å²) in [7, 11) is 0. The number of rotatable bonds is 5. The normalized spacial score (nSPS) is 10.6. The fraction of sp³-hybridized carbons (Fsp3) is 0.286. The highest BCUT2D eigenvalue weighted by atomic mass is 19.1. The summed E-state index contributed by atoms with van der Waals surface area (Å²) in [6, 6.07) is 9.31. The van der Waals surface area contributed by atoms with Crippen LogP contribution in [0.25, 0.3) is 0 Å². The second-order valence-corrected chi connectivity index (χ2v) is 4.13. The molecule has 0 saturated carbocycles. The number of ether oxygens (including phenoxy) is 1. The molecule has 0 spiro atoms. The van der Waals surface area contributed by atoms with Crippen molar-refractivity contribution in [3.8, 4) is 0 Å². The van der Waals surface area contributed by atoms with Gasteiger partial charge in [0.05, 0.1) is 6.61 Å². The van der Waals surface area contributed by atoms with Crippen LogP contribution in [-0.2, 0) is 17.7 Å². The topological polar surface area (TPSA) is 44.1 Å². The molecule has 0 bridgehead atoms. The van der Waals surface area contributed by atoms with Crippen LogP contribution < -0.4 is 0 Å². The molecule has 0 amide bonds. The Kier molecular flexibility index (Phi) is 4.45. The Bertz CT molecular complexity index is 597. The van der Waals surface area contributed by atoms with Crippen LogP contribution in [0, 0.1) is 12.0 Å². The first-order chi connectivity index (χ1) is 9.63. The van der Waals surface area contributed by atoms with E-state index in [1.165, 1.54) is 0 Å². The van der Waals surface area contributed by atoms with Gasteiger partial charge in [0.15, 0.2) is 5.69 Å². The number of hydrogen-bond acceptors (Lipinski definition) is 3. The summed E-state index contributed by atoms with van der Waals surface area (Å²) in [4.78, 5) is 14.7. The summed E-state index contributed by atoms with van der Waals surface area (Å²) >= 11 is 0. The predicted molar refractivity (Wildman–Crippen MR) is 68.2 cm³/mol. The van der Waals surface area contributed by atoms with Gasteiger partial charge in [-0.2, -0.15) is 13.8 Å². The second-order valence-electron chi connectivity index (χ2n) is 4.13. The number of aromatic nitrogens is 2. The molecule has 2 rings (SSSR count). The van der Waals surface area contributed by atoms with Gasteiger partial charge in [0, 0.05) is 6.54 Å². The van der Waals surface area contributed by atoms with Gasteiger partial charge in [-0.05, 0) is 18.9 Å². The summed E-state index contributed by atoms with van der Waals surface area (Å²) < 4.78 is 32.7. The van der Waals surface area contributed by atoms with Crippen LogP contribution >= 0.6 is 0 Å². The van der Waals surface area contributed by atoms with E-state index in [4.69, 9.17) is 4.74 Å². The van der Waals surface area contributed by atoms with E-state index in [0.717, 1.165) is 10.1 Å². The number of esters is 1. The highest BCUT2D eigenvalue weighted by Crippen LogP contribution is 2.13. The van der Waals surface area contributed by atoms with Crippen LogP contribution in [0.5, 0.6) is 0 Å². The number of carbonyl (C=O) groups excluding carboxylic acids is 1. The zero-order valence-corrected chi connectivity index (χ0v) is 11.0. The number of imidazole rings is 1. The molecule has 1 aromatic carbocycles. The summed E-state index contributed by atoms with van der Waals surface area (Å²) in [5.41, 5.74) is 0.482. The molecule has 0 radical (unpaired) electrons. The monoisotopic (exact) mass is 280 g/mol. The smallest absolute Gasteiger partial charge is 0.359 e. The van der Waals surface area contributed by atoms with E-state index < -0.39 is 23.7 Å². The Hall–Kier alpha value is -2.24. The number of carbonyl (C=O) groups is 1. The number of aryl methyl sites for hydroxylation is 1. The zero-order chi connectivity index (χ0) is 14.5. The zero-order valence-electron chi connectivity index (χ0n) is 11.0. The van der Waals surface area contributed by atoms with Gasteiger partial charge in [-0.25, -0.2) is 4.79 Å². The van der Waals surface area contributed by atoms with Crippen LogP contribution in [0.2, 0.25) is 0 Å².